The van der Waals surface area contributed by atoms with Crippen LogP contribution >= 0.6 is 0 Å². The molecule has 0 aliphatic rings. The zero-order valence-corrected chi connectivity index (χ0v) is 8.45. The van der Waals surface area contributed by atoms with E-state index in [0.717, 1.165) is 11.4 Å². The van der Waals surface area contributed by atoms with Crippen molar-refractivity contribution in [3.63, 3.8) is 0 Å². The summed E-state index contributed by atoms with van der Waals surface area (Å²) in [4.78, 5) is 18.5. The number of pyridine rings is 1. The molecule has 0 aliphatic carbocycles. The minimum absolute atomic E-state index is 0.400. The van der Waals surface area contributed by atoms with Gasteiger partial charge in [0, 0.05) is 6.20 Å². The number of nitroso groups, excluding NO2 is 1. The summed E-state index contributed by atoms with van der Waals surface area (Å²) in [6, 6.07) is 12.3. The fourth-order valence-corrected chi connectivity index (χ4v) is 1.19. The van der Waals surface area contributed by atoms with Crippen LogP contribution in [0.4, 0.5) is 11.4 Å². The maximum Gasteiger partial charge on any atom is 0.108 e. The van der Waals surface area contributed by atoms with Crippen LogP contribution in [0.5, 0.6) is 0 Å². The molecule has 0 aliphatic heterocycles. The van der Waals surface area contributed by atoms with Gasteiger partial charge in [-0.15, -0.1) is 4.91 Å². The lowest BCUT2D eigenvalue weighted by atomic mass is 10.3. The fourth-order valence-electron chi connectivity index (χ4n) is 1.19. The van der Waals surface area contributed by atoms with Crippen molar-refractivity contribution in [2.75, 3.05) is 0 Å². The van der Waals surface area contributed by atoms with E-state index in [1.54, 1.807) is 36.7 Å². The Bertz CT molecular complexity index is 491. The Morgan fingerprint density at radius 1 is 1.00 bits per heavy atom. The number of hydrogen-bond acceptors (Lipinski definition) is 4. The monoisotopic (exact) mass is 211 g/mol. The quantitative estimate of drug-likeness (QED) is 0.578. The van der Waals surface area contributed by atoms with E-state index in [-0.39, 0.29) is 0 Å². The van der Waals surface area contributed by atoms with Crippen LogP contribution in [-0.4, -0.2) is 11.2 Å². The lowest BCUT2D eigenvalue weighted by molar-refractivity contribution is 1.30. The van der Waals surface area contributed by atoms with Crippen LogP contribution in [0.1, 0.15) is 5.69 Å². The van der Waals surface area contributed by atoms with Gasteiger partial charge in [0.05, 0.1) is 17.6 Å². The van der Waals surface area contributed by atoms with Crippen molar-refractivity contribution < 1.29 is 0 Å². The number of hydrogen-bond donors (Lipinski definition) is 0. The molecule has 0 spiro atoms. The van der Waals surface area contributed by atoms with Gasteiger partial charge >= 0.3 is 0 Å². The maximum atomic E-state index is 10.2. The van der Waals surface area contributed by atoms with Crippen molar-refractivity contribution in [1.82, 2.24) is 4.98 Å². The molecule has 1 aromatic carbocycles. The lowest BCUT2D eigenvalue weighted by Gasteiger charge is -1.93. The van der Waals surface area contributed by atoms with E-state index in [9.17, 15) is 4.91 Å². The molecule has 78 valence electrons. The molecule has 2 aromatic rings. The largest absolute Gasteiger partial charge is 0.255 e. The van der Waals surface area contributed by atoms with Crippen molar-refractivity contribution >= 4 is 17.6 Å². The summed E-state index contributed by atoms with van der Waals surface area (Å²) in [5.41, 5.74) is 1.95. The van der Waals surface area contributed by atoms with Crippen molar-refractivity contribution in [2.45, 2.75) is 0 Å². The molecule has 2 rings (SSSR count). The smallest absolute Gasteiger partial charge is 0.108 e. The SMILES string of the molecule is O=Nc1ccc(N=Cc2ccccn2)cc1. The normalized spacial score (nSPS) is 10.5. The molecule has 1 aromatic heterocycles. The van der Waals surface area contributed by atoms with Crippen molar-refractivity contribution in [1.29, 1.82) is 0 Å². The van der Waals surface area contributed by atoms with E-state index in [4.69, 9.17) is 0 Å². The van der Waals surface area contributed by atoms with E-state index in [2.05, 4.69) is 15.2 Å². The summed E-state index contributed by atoms with van der Waals surface area (Å²) < 4.78 is 0. The Morgan fingerprint density at radius 2 is 1.75 bits per heavy atom. The second-order valence-corrected chi connectivity index (χ2v) is 3.12. The van der Waals surface area contributed by atoms with Gasteiger partial charge in [0.2, 0.25) is 0 Å². The summed E-state index contributed by atoms with van der Waals surface area (Å²) >= 11 is 0. The van der Waals surface area contributed by atoms with Crippen LogP contribution < -0.4 is 0 Å². The Balaban J connectivity index is 2.14. The molecule has 0 amide bonds. The van der Waals surface area contributed by atoms with Crippen molar-refractivity contribution in [2.24, 2.45) is 10.2 Å². The lowest BCUT2D eigenvalue weighted by Crippen LogP contribution is -1.83. The van der Waals surface area contributed by atoms with Crippen molar-refractivity contribution in [3.8, 4) is 0 Å². The first kappa shape index (κ1) is 10.2. The van der Waals surface area contributed by atoms with Gasteiger partial charge in [-0.05, 0) is 41.6 Å². The van der Waals surface area contributed by atoms with E-state index >= 15 is 0 Å². The molecule has 4 heteroatoms. The second kappa shape index (κ2) is 4.93. The summed E-state index contributed by atoms with van der Waals surface area (Å²) in [5, 5.41) is 2.82. The first-order valence-electron chi connectivity index (χ1n) is 4.77. The highest BCUT2D eigenvalue weighted by Crippen LogP contribution is 2.17. The third-order valence-corrected chi connectivity index (χ3v) is 1.99. The number of rotatable bonds is 3. The predicted octanol–water partition coefficient (Wildman–Crippen LogP) is 3.23. The van der Waals surface area contributed by atoms with Crippen LogP contribution in [0.15, 0.2) is 58.8 Å². The second-order valence-electron chi connectivity index (χ2n) is 3.12. The molecule has 0 fully saturated rings. The molecule has 1 heterocycles. The molecular formula is C12H9N3O. The van der Waals surface area contributed by atoms with Gasteiger partial charge in [-0.3, -0.25) is 9.98 Å². The topological polar surface area (TPSA) is 54.7 Å². The van der Waals surface area contributed by atoms with Gasteiger partial charge in [0.25, 0.3) is 0 Å². The average Bonchev–Trinajstić information content (AvgIpc) is 2.38. The zero-order valence-electron chi connectivity index (χ0n) is 8.45. The molecule has 0 N–H and O–H groups in total. The van der Waals surface area contributed by atoms with Crippen LogP contribution in [0.25, 0.3) is 0 Å². The van der Waals surface area contributed by atoms with Crippen LogP contribution in [0, 0.1) is 4.91 Å². The summed E-state index contributed by atoms with van der Waals surface area (Å²) in [6.45, 7) is 0. The predicted molar refractivity (Wildman–Crippen MR) is 63.4 cm³/mol. The minimum Gasteiger partial charge on any atom is -0.255 e. The molecular weight excluding hydrogens is 202 g/mol. The molecule has 0 saturated heterocycles. The van der Waals surface area contributed by atoms with E-state index in [1.807, 2.05) is 18.2 Å². The van der Waals surface area contributed by atoms with Gasteiger partial charge in [0.15, 0.2) is 0 Å². The van der Waals surface area contributed by atoms with E-state index < -0.39 is 0 Å². The van der Waals surface area contributed by atoms with E-state index in [0.29, 0.717) is 5.69 Å². The molecule has 4 nitrogen and oxygen atoms in total. The van der Waals surface area contributed by atoms with Gasteiger partial charge in [-0.2, -0.15) is 0 Å². The number of aromatic nitrogens is 1. The van der Waals surface area contributed by atoms with Crippen molar-refractivity contribution in [3.05, 3.63) is 59.3 Å². The Labute approximate surface area is 92.7 Å². The van der Waals surface area contributed by atoms with Crippen LogP contribution in [0.3, 0.4) is 0 Å². The summed E-state index contributed by atoms with van der Waals surface area (Å²) in [5.74, 6) is 0. The Hall–Kier alpha value is -2.36. The Kier molecular flexibility index (Phi) is 3.13. The highest BCUT2D eigenvalue weighted by Gasteiger charge is 1.91. The first-order chi connectivity index (χ1) is 7.88. The van der Waals surface area contributed by atoms with E-state index in [1.165, 1.54) is 0 Å². The Morgan fingerprint density at radius 3 is 2.38 bits per heavy atom. The van der Waals surface area contributed by atoms with Gasteiger partial charge < -0.3 is 0 Å². The summed E-state index contributed by atoms with van der Waals surface area (Å²) in [6.07, 6.45) is 3.38. The van der Waals surface area contributed by atoms with Crippen LogP contribution in [-0.2, 0) is 0 Å². The molecule has 0 bridgehead atoms. The highest BCUT2D eigenvalue weighted by molar-refractivity contribution is 5.79. The van der Waals surface area contributed by atoms with Gasteiger partial charge in [-0.25, -0.2) is 0 Å². The molecule has 16 heavy (non-hydrogen) atoms. The molecule has 0 saturated carbocycles. The number of aliphatic imine (C=N–C) groups is 1. The zero-order chi connectivity index (χ0) is 11.2. The standard InChI is InChI=1S/C12H9N3O/c16-15-11-6-4-10(5-7-11)14-9-12-3-1-2-8-13-12/h1-9H. The average molecular weight is 211 g/mol. The third-order valence-electron chi connectivity index (χ3n) is 1.99. The maximum absolute atomic E-state index is 10.2. The fraction of sp³-hybridized carbons (Fsp3) is 0. The van der Waals surface area contributed by atoms with Gasteiger partial charge in [-0.1, -0.05) is 6.07 Å². The molecule has 0 unspecified atom stereocenters. The number of nitrogens with zero attached hydrogens (tertiary/aromatic N) is 3. The highest BCUT2D eigenvalue weighted by atomic mass is 16.3. The molecule has 0 atom stereocenters. The first-order valence-corrected chi connectivity index (χ1v) is 4.77. The minimum atomic E-state index is 0.400. The van der Waals surface area contributed by atoms with Crippen LogP contribution in [0.2, 0.25) is 0 Å². The van der Waals surface area contributed by atoms with Gasteiger partial charge in [0.1, 0.15) is 5.69 Å². The molecule has 0 radical (unpaired) electrons. The summed E-state index contributed by atoms with van der Waals surface area (Å²) in [7, 11) is 0. The third kappa shape index (κ3) is 2.57. The number of benzene rings is 1.